The maximum Gasteiger partial charge on any atom is 0.221 e. The summed E-state index contributed by atoms with van der Waals surface area (Å²) in [5, 5.41) is 12.3. The number of amides is 1. The summed E-state index contributed by atoms with van der Waals surface area (Å²) in [6, 6.07) is 1.02. The Morgan fingerprint density at radius 2 is 1.79 bits per heavy atom. The molecule has 2 aliphatic carbocycles. The van der Waals surface area contributed by atoms with Gasteiger partial charge in [-0.15, -0.1) is 0 Å². The van der Waals surface area contributed by atoms with Crippen LogP contribution in [0.15, 0.2) is 0 Å². The molecule has 1 amide bonds. The van der Waals surface area contributed by atoms with Crippen molar-refractivity contribution in [2.24, 2.45) is 0 Å². The van der Waals surface area contributed by atoms with Crippen LogP contribution in [0.1, 0.15) is 57.8 Å². The third-order valence-corrected chi connectivity index (χ3v) is 4.57. The molecular weight excluding hydrogens is 240 g/mol. The Morgan fingerprint density at radius 1 is 1.05 bits per heavy atom. The van der Waals surface area contributed by atoms with Crippen LogP contribution in [0.5, 0.6) is 0 Å². The zero-order valence-corrected chi connectivity index (χ0v) is 11.9. The van der Waals surface area contributed by atoms with Gasteiger partial charge in [0.1, 0.15) is 0 Å². The number of hydrogen-bond donors (Lipinski definition) is 2. The number of nitrogens with one attached hydrogen (secondary N) is 1. The number of carbonyl (C=O) groups excluding carboxylic acids is 1. The fourth-order valence-electron chi connectivity index (χ4n) is 3.15. The molecule has 0 bridgehead atoms. The van der Waals surface area contributed by atoms with Gasteiger partial charge in [-0.25, -0.2) is 0 Å². The second kappa shape index (κ2) is 7.85. The van der Waals surface area contributed by atoms with Gasteiger partial charge in [-0.3, -0.25) is 9.69 Å². The first kappa shape index (κ1) is 14.8. The van der Waals surface area contributed by atoms with Gasteiger partial charge < -0.3 is 10.4 Å². The van der Waals surface area contributed by atoms with E-state index in [1.165, 1.54) is 38.5 Å². The van der Waals surface area contributed by atoms with E-state index < -0.39 is 0 Å². The second-order valence-electron chi connectivity index (χ2n) is 6.00. The highest BCUT2D eigenvalue weighted by Crippen LogP contribution is 2.24. The van der Waals surface area contributed by atoms with Crippen molar-refractivity contribution in [2.45, 2.75) is 69.9 Å². The minimum absolute atomic E-state index is 0.189. The Balaban J connectivity index is 1.65. The van der Waals surface area contributed by atoms with Crippen molar-refractivity contribution in [3.05, 3.63) is 0 Å². The van der Waals surface area contributed by atoms with E-state index >= 15 is 0 Å². The van der Waals surface area contributed by atoms with Crippen molar-refractivity contribution in [1.82, 2.24) is 10.2 Å². The van der Waals surface area contributed by atoms with Crippen LogP contribution in [0.25, 0.3) is 0 Å². The molecule has 0 spiro atoms. The zero-order valence-electron chi connectivity index (χ0n) is 11.9. The fraction of sp³-hybridized carbons (Fsp3) is 0.933. The van der Waals surface area contributed by atoms with Crippen molar-refractivity contribution in [1.29, 1.82) is 0 Å². The summed E-state index contributed by atoms with van der Waals surface area (Å²) in [7, 11) is 0. The Kier molecular flexibility index (Phi) is 6.11. The Bertz CT molecular complexity index is 273. The van der Waals surface area contributed by atoms with Crippen molar-refractivity contribution in [3.63, 3.8) is 0 Å². The first-order valence-electron chi connectivity index (χ1n) is 7.94. The summed E-state index contributed by atoms with van der Waals surface area (Å²) in [5.41, 5.74) is 0. The molecule has 19 heavy (non-hydrogen) atoms. The minimum Gasteiger partial charge on any atom is -0.395 e. The Labute approximate surface area is 116 Å². The smallest absolute Gasteiger partial charge is 0.221 e. The maximum absolute atomic E-state index is 11.9. The summed E-state index contributed by atoms with van der Waals surface area (Å²) in [5.74, 6) is 0.189. The van der Waals surface area contributed by atoms with Gasteiger partial charge in [0.15, 0.2) is 0 Å². The number of carbonyl (C=O) groups is 1. The lowest BCUT2D eigenvalue weighted by Crippen LogP contribution is -2.44. The van der Waals surface area contributed by atoms with Gasteiger partial charge in [-0.05, 0) is 25.7 Å². The first-order chi connectivity index (χ1) is 9.29. The summed E-state index contributed by atoms with van der Waals surface area (Å²) < 4.78 is 0. The van der Waals surface area contributed by atoms with Crippen LogP contribution < -0.4 is 5.32 Å². The molecule has 0 unspecified atom stereocenters. The van der Waals surface area contributed by atoms with E-state index in [4.69, 9.17) is 5.11 Å². The summed E-state index contributed by atoms with van der Waals surface area (Å²) >= 11 is 0. The highest BCUT2D eigenvalue weighted by molar-refractivity contribution is 5.76. The highest BCUT2D eigenvalue weighted by atomic mass is 16.3. The third-order valence-electron chi connectivity index (χ3n) is 4.57. The quantitative estimate of drug-likeness (QED) is 0.738. The van der Waals surface area contributed by atoms with E-state index in [1.54, 1.807) is 0 Å². The molecular formula is C15H28N2O2. The molecule has 0 aromatic heterocycles. The molecule has 0 saturated heterocycles. The maximum atomic E-state index is 11.9. The lowest BCUT2D eigenvalue weighted by atomic mass is 9.91. The van der Waals surface area contributed by atoms with Crippen molar-refractivity contribution in [2.75, 3.05) is 19.7 Å². The van der Waals surface area contributed by atoms with Crippen LogP contribution >= 0.6 is 0 Å². The molecule has 0 aromatic carbocycles. The van der Waals surface area contributed by atoms with Crippen LogP contribution in [0, 0.1) is 0 Å². The van der Waals surface area contributed by atoms with E-state index in [0.29, 0.717) is 25.0 Å². The van der Waals surface area contributed by atoms with E-state index in [1.807, 2.05) is 0 Å². The summed E-state index contributed by atoms with van der Waals surface area (Å²) in [6.07, 6.45) is 10.4. The van der Waals surface area contributed by atoms with Gasteiger partial charge in [-0.1, -0.05) is 25.7 Å². The van der Waals surface area contributed by atoms with E-state index in [9.17, 15) is 4.79 Å². The lowest BCUT2D eigenvalue weighted by molar-refractivity contribution is -0.122. The number of nitrogens with zero attached hydrogens (tertiary/aromatic N) is 1. The predicted molar refractivity (Wildman–Crippen MR) is 75.9 cm³/mol. The molecule has 2 fully saturated rings. The molecule has 0 heterocycles. The predicted octanol–water partition coefficient (Wildman–Crippen LogP) is 1.67. The topological polar surface area (TPSA) is 52.6 Å². The molecule has 4 nitrogen and oxygen atoms in total. The molecule has 2 aliphatic rings. The first-order valence-corrected chi connectivity index (χ1v) is 7.94. The molecule has 0 aromatic rings. The lowest BCUT2D eigenvalue weighted by Gasteiger charge is -2.37. The Morgan fingerprint density at radius 3 is 2.37 bits per heavy atom. The van der Waals surface area contributed by atoms with Gasteiger partial charge in [0.2, 0.25) is 5.91 Å². The molecule has 0 aliphatic heterocycles. The van der Waals surface area contributed by atoms with E-state index in [-0.39, 0.29) is 12.5 Å². The SMILES string of the molecule is O=C(CCN(CCO)C1CCC1)NC1CCCCC1. The molecule has 2 rings (SSSR count). The monoisotopic (exact) mass is 268 g/mol. The molecule has 4 heteroatoms. The molecule has 0 atom stereocenters. The van der Waals surface area contributed by atoms with Crippen molar-refractivity contribution >= 4 is 5.91 Å². The number of rotatable bonds is 7. The van der Waals surface area contributed by atoms with Crippen LogP contribution in [-0.4, -0.2) is 47.7 Å². The minimum atomic E-state index is 0.189. The average Bonchev–Trinajstić information content (AvgIpc) is 2.35. The highest BCUT2D eigenvalue weighted by Gasteiger charge is 2.25. The van der Waals surface area contributed by atoms with Gasteiger partial charge in [0.05, 0.1) is 6.61 Å². The van der Waals surface area contributed by atoms with Gasteiger partial charge in [0, 0.05) is 31.6 Å². The van der Waals surface area contributed by atoms with Crippen molar-refractivity contribution < 1.29 is 9.90 Å². The molecule has 2 saturated carbocycles. The zero-order chi connectivity index (χ0) is 13.5. The normalized spacial score (nSPS) is 21.4. The fourth-order valence-corrected chi connectivity index (χ4v) is 3.15. The van der Waals surface area contributed by atoms with Gasteiger partial charge in [0.25, 0.3) is 0 Å². The molecule has 110 valence electrons. The Hall–Kier alpha value is -0.610. The van der Waals surface area contributed by atoms with Gasteiger partial charge in [-0.2, -0.15) is 0 Å². The van der Waals surface area contributed by atoms with Crippen LogP contribution in [0.4, 0.5) is 0 Å². The third kappa shape index (κ3) is 4.77. The standard InChI is InChI=1S/C15H28N2O2/c18-12-11-17(14-7-4-8-14)10-9-15(19)16-13-5-2-1-3-6-13/h13-14,18H,1-12H2,(H,16,19). The van der Waals surface area contributed by atoms with Crippen molar-refractivity contribution in [3.8, 4) is 0 Å². The van der Waals surface area contributed by atoms with Crippen LogP contribution in [-0.2, 0) is 4.79 Å². The summed E-state index contributed by atoms with van der Waals surface area (Å²) in [4.78, 5) is 14.2. The molecule has 0 radical (unpaired) electrons. The summed E-state index contributed by atoms with van der Waals surface area (Å²) in [6.45, 7) is 1.70. The van der Waals surface area contributed by atoms with E-state index in [2.05, 4.69) is 10.2 Å². The molecule has 2 N–H and O–H groups in total. The second-order valence-corrected chi connectivity index (χ2v) is 6.00. The number of aliphatic hydroxyl groups is 1. The number of aliphatic hydroxyl groups excluding tert-OH is 1. The van der Waals surface area contributed by atoms with Crippen LogP contribution in [0.2, 0.25) is 0 Å². The largest absolute Gasteiger partial charge is 0.395 e. The van der Waals surface area contributed by atoms with E-state index in [0.717, 1.165) is 19.4 Å². The van der Waals surface area contributed by atoms with Gasteiger partial charge >= 0.3 is 0 Å². The van der Waals surface area contributed by atoms with Crippen LogP contribution in [0.3, 0.4) is 0 Å². The number of hydrogen-bond acceptors (Lipinski definition) is 3. The average molecular weight is 268 g/mol.